The largest absolute Gasteiger partial charge is 0.465 e. The Morgan fingerprint density at radius 2 is 2.24 bits per heavy atom. The van der Waals surface area contributed by atoms with Gasteiger partial charge in [-0.3, -0.25) is 0 Å². The van der Waals surface area contributed by atoms with Gasteiger partial charge < -0.3 is 9.72 Å². The molecule has 0 fully saturated rings. The Bertz CT molecular complexity index is 528. The molecule has 0 atom stereocenters. The van der Waals surface area contributed by atoms with E-state index in [0.717, 1.165) is 23.7 Å². The lowest BCUT2D eigenvalue weighted by Crippen LogP contribution is -2.01. The molecule has 0 bridgehead atoms. The maximum Gasteiger partial charge on any atom is 0.339 e. The molecule has 0 aliphatic rings. The highest BCUT2D eigenvalue weighted by molar-refractivity contribution is 6.03. The molecule has 2 rings (SSSR count). The number of methoxy groups -OCH3 is 1. The number of esters is 1. The van der Waals surface area contributed by atoms with E-state index in [1.54, 1.807) is 6.07 Å². The van der Waals surface area contributed by atoms with Crippen LogP contribution in [0.2, 0.25) is 0 Å². The number of fused-ring (bicyclic) bond motifs is 1. The number of hydrogen-bond donors (Lipinski definition) is 1. The number of aromatic amines is 1. The first-order valence-corrected chi connectivity index (χ1v) is 5.95. The van der Waals surface area contributed by atoms with Crippen molar-refractivity contribution in [1.29, 1.82) is 0 Å². The van der Waals surface area contributed by atoms with Gasteiger partial charge in [0, 0.05) is 11.6 Å². The average Bonchev–Trinajstić information content (AvgIpc) is 2.78. The lowest BCUT2D eigenvalue weighted by atomic mass is 10.1. The van der Waals surface area contributed by atoms with E-state index in [0.29, 0.717) is 5.56 Å². The number of carbonyl (C=O) groups excluding carboxylic acids is 1. The Balaban J connectivity index is 2.45. The molecule has 0 aliphatic carbocycles. The molecule has 1 aromatic heterocycles. The van der Waals surface area contributed by atoms with Crippen molar-refractivity contribution in [2.45, 2.75) is 26.2 Å². The van der Waals surface area contributed by atoms with Gasteiger partial charge in [-0.2, -0.15) is 0 Å². The van der Waals surface area contributed by atoms with E-state index in [4.69, 9.17) is 4.74 Å². The molecule has 17 heavy (non-hydrogen) atoms. The molecule has 0 aliphatic heterocycles. The Morgan fingerprint density at radius 3 is 2.94 bits per heavy atom. The summed E-state index contributed by atoms with van der Waals surface area (Å²) in [5.41, 5.74) is 2.76. The zero-order valence-electron chi connectivity index (χ0n) is 10.2. The van der Waals surface area contributed by atoms with Crippen LogP contribution in [-0.2, 0) is 11.2 Å². The maximum absolute atomic E-state index is 11.6. The number of unbranched alkanes of at least 4 members (excludes halogenated alkanes) is 1. The molecular weight excluding hydrogens is 214 g/mol. The number of ether oxygens (including phenoxy) is 1. The van der Waals surface area contributed by atoms with Crippen LogP contribution < -0.4 is 0 Å². The Kier molecular flexibility index (Phi) is 3.47. The number of rotatable bonds is 4. The third-order valence-electron chi connectivity index (χ3n) is 3.01. The van der Waals surface area contributed by atoms with E-state index in [9.17, 15) is 4.79 Å². The van der Waals surface area contributed by atoms with E-state index in [1.807, 2.05) is 18.3 Å². The lowest BCUT2D eigenvalue weighted by Gasteiger charge is -2.01. The first-order chi connectivity index (χ1) is 8.27. The molecule has 3 nitrogen and oxygen atoms in total. The van der Waals surface area contributed by atoms with Crippen LogP contribution in [0.25, 0.3) is 10.9 Å². The number of carbonyl (C=O) groups is 1. The van der Waals surface area contributed by atoms with Gasteiger partial charge in [0.05, 0.1) is 18.2 Å². The van der Waals surface area contributed by atoms with Crippen molar-refractivity contribution in [3.8, 4) is 0 Å². The molecule has 1 aromatic carbocycles. The summed E-state index contributed by atoms with van der Waals surface area (Å²) in [4.78, 5) is 14.8. The minimum Gasteiger partial charge on any atom is -0.465 e. The number of nitrogens with one attached hydrogen (secondary N) is 1. The van der Waals surface area contributed by atoms with Crippen LogP contribution in [0.5, 0.6) is 0 Å². The fourth-order valence-corrected chi connectivity index (χ4v) is 2.07. The van der Waals surface area contributed by atoms with E-state index >= 15 is 0 Å². The van der Waals surface area contributed by atoms with Crippen molar-refractivity contribution in [3.63, 3.8) is 0 Å². The van der Waals surface area contributed by atoms with Crippen LogP contribution in [0.4, 0.5) is 0 Å². The predicted molar refractivity (Wildman–Crippen MR) is 68.3 cm³/mol. The zero-order chi connectivity index (χ0) is 12.3. The van der Waals surface area contributed by atoms with Crippen LogP contribution in [0.3, 0.4) is 0 Å². The van der Waals surface area contributed by atoms with Crippen LogP contribution in [0.15, 0.2) is 24.4 Å². The highest BCUT2D eigenvalue weighted by Gasteiger charge is 2.12. The molecule has 1 heterocycles. The molecule has 0 radical (unpaired) electrons. The standard InChI is InChI=1S/C14H17NO2/c1-3-4-6-10-9-15-13-11(10)7-5-8-12(13)14(16)17-2/h5,7-9,15H,3-4,6H2,1-2H3. The maximum atomic E-state index is 11.6. The van der Waals surface area contributed by atoms with Gasteiger partial charge >= 0.3 is 5.97 Å². The summed E-state index contributed by atoms with van der Waals surface area (Å²) in [6.07, 6.45) is 5.37. The van der Waals surface area contributed by atoms with Crippen molar-refractivity contribution in [3.05, 3.63) is 35.5 Å². The minimum absolute atomic E-state index is 0.292. The van der Waals surface area contributed by atoms with Crippen LogP contribution in [0.1, 0.15) is 35.7 Å². The van der Waals surface area contributed by atoms with Crippen LogP contribution in [-0.4, -0.2) is 18.1 Å². The summed E-state index contributed by atoms with van der Waals surface area (Å²) in [6.45, 7) is 2.18. The number of hydrogen-bond acceptors (Lipinski definition) is 2. The highest BCUT2D eigenvalue weighted by Crippen LogP contribution is 2.23. The van der Waals surface area contributed by atoms with Crippen molar-refractivity contribution >= 4 is 16.9 Å². The normalized spacial score (nSPS) is 10.7. The fraction of sp³-hybridized carbons (Fsp3) is 0.357. The lowest BCUT2D eigenvalue weighted by molar-refractivity contribution is 0.0603. The predicted octanol–water partition coefficient (Wildman–Crippen LogP) is 3.30. The SMILES string of the molecule is CCCCc1c[nH]c2c(C(=O)OC)cccc12. The molecule has 90 valence electrons. The monoisotopic (exact) mass is 231 g/mol. The van der Waals surface area contributed by atoms with Gasteiger partial charge in [-0.15, -0.1) is 0 Å². The van der Waals surface area contributed by atoms with Gasteiger partial charge in [-0.25, -0.2) is 4.79 Å². The Labute approximate surface area is 101 Å². The third-order valence-corrected chi connectivity index (χ3v) is 3.01. The second-order valence-corrected chi connectivity index (χ2v) is 4.14. The summed E-state index contributed by atoms with van der Waals surface area (Å²) < 4.78 is 4.78. The fourth-order valence-electron chi connectivity index (χ4n) is 2.07. The molecule has 2 aromatic rings. The van der Waals surface area contributed by atoms with Gasteiger partial charge in [-0.1, -0.05) is 25.5 Å². The van der Waals surface area contributed by atoms with Crippen molar-refractivity contribution in [1.82, 2.24) is 4.98 Å². The summed E-state index contributed by atoms with van der Waals surface area (Å²) in [7, 11) is 1.40. The molecule has 0 amide bonds. The molecule has 1 N–H and O–H groups in total. The molecule has 0 unspecified atom stereocenters. The number of para-hydroxylation sites is 1. The summed E-state index contributed by atoms with van der Waals surface area (Å²) in [5, 5.41) is 1.13. The van der Waals surface area contributed by atoms with E-state index in [2.05, 4.69) is 11.9 Å². The number of H-pyrrole nitrogens is 1. The molecule has 0 saturated carbocycles. The van der Waals surface area contributed by atoms with Gasteiger partial charge in [-0.05, 0) is 24.5 Å². The smallest absolute Gasteiger partial charge is 0.339 e. The first-order valence-electron chi connectivity index (χ1n) is 5.95. The van der Waals surface area contributed by atoms with Crippen molar-refractivity contribution in [2.24, 2.45) is 0 Å². The van der Waals surface area contributed by atoms with Gasteiger partial charge in [0.1, 0.15) is 0 Å². The molecular formula is C14H17NO2. The quantitative estimate of drug-likeness (QED) is 0.820. The first kappa shape index (κ1) is 11.7. The zero-order valence-corrected chi connectivity index (χ0v) is 10.2. The van der Waals surface area contributed by atoms with E-state index in [1.165, 1.54) is 19.1 Å². The highest BCUT2D eigenvalue weighted by atomic mass is 16.5. The van der Waals surface area contributed by atoms with E-state index in [-0.39, 0.29) is 5.97 Å². The topological polar surface area (TPSA) is 42.1 Å². The molecule has 0 saturated heterocycles. The second-order valence-electron chi connectivity index (χ2n) is 4.14. The minimum atomic E-state index is -0.292. The summed E-state index contributed by atoms with van der Waals surface area (Å²) in [6, 6.07) is 5.73. The van der Waals surface area contributed by atoms with Crippen molar-refractivity contribution in [2.75, 3.05) is 7.11 Å². The van der Waals surface area contributed by atoms with Gasteiger partial charge in [0.25, 0.3) is 0 Å². The Hall–Kier alpha value is -1.77. The van der Waals surface area contributed by atoms with E-state index < -0.39 is 0 Å². The summed E-state index contributed by atoms with van der Waals surface area (Å²) >= 11 is 0. The number of benzene rings is 1. The van der Waals surface area contributed by atoms with Crippen molar-refractivity contribution < 1.29 is 9.53 Å². The number of aromatic nitrogens is 1. The van der Waals surface area contributed by atoms with Gasteiger partial charge in [0.2, 0.25) is 0 Å². The van der Waals surface area contributed by atoms with Gasteiger partial charge in [0.15, 0.2) is 0 Å². The molecule has 0 spiro atoms. The molecule has 3 heteroatoms. The third kappa shape index (κ3) is 2.18. The Morgan fingerprint density at radius 1 is 1.41 bits per heavy atom. The average molecular weight is 231 g/mol. The second kappa shape index (κ2) is 5.04. The number of aryl methyl sites for hydroxylation is 1. The van der Waals surface area contributed by atoms with Crippen LogP contribution >= 0.6 is 0 Å². The van der Waals surface area contributed by atoms with Crippen LogP contribution in [0, 0.1) is 0 Å². The summed E-state index contributed by atoms with van der Waals surface area (Å²) in [5.74, 6) is -0.292.